The van der Waals surface area contributed by atoms with E-state index < -0.39 is 0 Å². The zero-order valence-corrected chi connectivity index (χ0v) is 18.6. The first-order valence-electron chi connectivity index (χ1n) is 9.51. The molecule has 1 aromatic heterocycles. The van der Waals surface area contributed by atoms with Crippen molar-refractivity contribution in [3.63, 3.8) is 0 Å². The smallest absolute Gasteiger partial charge is 0.281 e. The van der Waals surface area contributed by atoms with Crippen molar-refractivity contribution in [1.82, 2.24) is 9.88 Å². The van der Waals surface area contributed by atoms with Gasteiger partial charge in [0.05, 0.1) is 11.1 Å². The molecule has 0 unspecified atom stereocenters. The summed E-state index contributed by atoms with van der Waals surface area (Å²) >= 11 is 8.15. The lowest BCUT2D eigenvalue weighted by atomic mass is 10.2. The van der Waals surface area contributed by atoms with Crippen molar-refractivity contribution in [3.05, 3.63) is 65.0 Å². The number of anilines is 2. The van der Waals surface area contributed by atoms with Crippen molar-refractivity contribution in [2.75, 3.05) is 42.1 Å². The zero-order chi connectivity index (χ0) is 20.9. The molecule has 4 rings (SSSR count). The zero-order valence-electron chi connectivity index (χ0n) is 16.1. The summed E-state index contributed by atoms with van der Waals surface area (Å²) in [4.78, 5) is 32.9. The molecule has 1 saturated heterocycles. The first-order valence-corrected chi connectivity index (χ1v) is 11.7. The van der Waals surface area contributed by atoms with Crippen molar-refractivity contribution in [3.8, 4) is 0 Å². The number of piperazine rings is 1. The maximum absolute atomic E-state index is 12.3. The third kappa shape index (κ3) is 4.97. The summed E-state index contributed by atoms with van der Waals surface area (Å²) in [6, 6.07) is 17.6. The number of thiocarbonyl (C=S) groups is 1. The molecule has 0 saturated carbocycles. The summed E-state index contributed by atoms with van der Waals surface area (Å²) in [6.45, 7) is 3.45. The van der Waals surface area contributed by atoms with Crippen LogP contribution in [-0.2, 0) is 4.79 Å². The molecule has 1 fully saturated rings. The SMILES string of the molecule is O=C(CSC(=S)N1CCN(c2ccccc2)CC1)Nc1nc(=O)c2ccccc2s1. The van der Waals surface area contributed by atoms with E-state index in [1.165, 1.54) is 28.8 Å². The van der Waals surface area contributed by atoms with Crippen LogP contribution in [0.4, 0.5) is 10.8 Å². The minimum Gasteiger partial charge on any atom is -0.368 e. The Bertz CT molecular complexity index is 1110. The van der Waals surface area contributed by atoms with E-state index in [1.807, 2.05) is 30.3 Å². The van der Waals surface area contributed by atoms with Gasteiger partial charge in [0.25, 0.3) is 5.56 Å². The topological polar surface area (TPSA) is 65.5 Å². The van der Waals surface area contributed by atoms with Crippen molar-refractivity contribution in [1.29, 1.82) is 0 Å². The molecular weight excluding hydrogens is 436 g/mol. The normalized spacial score (nSPS) is 14.0. The van der Waals surface area contributed by atoms with Gasteiger partial charge in [0, 0.05) is 36.6 Å². The molecule has 0 spiro atoms. The summed E-state index contributed by atoms with van der Waals surface area (Å²) < 4.78 is 1.52. The van der Waals surface area contributed by atoms with E-state index in [2.05, 4.69) is 32.2 Å². The number of carbonyl (C=O) groups is 1. The quantitative estimate of drug-likeness (QED) is 0.604. The molecule has 2 heterocycles. The number of aromatic nitrogens is 1. The number of carbonyl (C=O) groups excluding carboxylic acids is 1. The Kier molecular flexibility index (Phi) is 6.61. The Balaban J connectivity index is 1.27. The maximum atomic E-state index is 12.3. The van der Waals surface area contributed by atoms with Crippen LogP contribution in [0.15, 0.2) is 59.4 Å². The van der Waals surface area contributed by atoms with Crippen molar-refractivity contribution < 1.29 is 4.79 Å². The fourth-order valence-corrected chi connectivity index (χ4v) is 5.19. The number of amides is 1. The van der Waals surface area contributed by atoms with Gasteiger partial charge in [0.2, 0.25) is 5.91 Å². The molecule has 154 valence electrons. The largest absolute Gasteiger partial charge is 0.368 e. The summed E-state index contributed by atoms with van der Waals surface area (Å²) in [5, 5.41) is 3.60. The van der Waals surface area contributed by atoms with Gasteiger partial charge in [-0.2, -0.15) is 4.98 Å². The van der Waals surface area contributed by atoms with Crippen LogP contribution in [0.2, 0.25) is 0 Å². The third-order valence-corrected chi connectivity index (χ3v) is 7.25. The number of benzene rings is 2. The summed E-state index contributed by atoms with van der Waals surface area (Å²) in [5.74, 6) is -0.0311. The van der Waals surface area contributed by atoms with E-state index in [-0.39, 0.29) is 17.2 Å². The van der Waals surface area contributed by atoms with E-state index in [9.17, 15) is 9.59 Å². The van der Waals surface area contributed by atoms with E-state index in [0.29, 0.717) is 10.5 Å². The number of para-hydroxylation sites is 1. The van der Waals surface area contributed by atoms with Gasteiger partial charge in [-0.25, -0.2) is 0 Å². The van der Waals surface area contributed by atoms with E-state index in [4.69, 9.17) is 12.2 Å². The van der Waals surface area contributed by atoms with Crippen molar-refractivity contribution in [2.24, 2.45) is 0 Å². The highest BCUT2D eigenvalue weighted by Crippen LogP contribution is 2.21. The molecule has 1 amide bonds. The van der Waals surface area contributed by atoms with Gasteiger partial charge in [-0.3, -0.25) is 9.59 Å². The Morgan fingerprint density at radius 3 is 2.53 bits per heavy atom. The van der Waals surface area contributed by atoms with E-state index >= 15 is 0 Å². The second-order valence-corrected chi connectivity index (χ2v) is 9.37. The van der Waals surface area contributed by atoms with Gasteiger partial charge in [0.15, 0.2) is 5.13 Å². The molecule has 1 N–H and O–H groups in total. The molecule has 1 aliphatic heterocycles. The van der Waals surface area contributed by atoms with E-state index in [0.717, 1.165) is 35.2 Å². The molecule has 3 aromatic rings. The second-order valence-electron chi connectivity index (χ2n) is 6.73. The highest BCUT2D eigenvalue weighted by atomic mass is 32.2. The number of nitrogens with one attached hydrogen (secondary N) is 1. The fraction of sp³-hybridized carbons (Fsp3) is 0.238. The van der Waals surface area contributed by atoms with Crippen LogP contribution in [0.3, 0.4) is 0 Å². The Hall–Kier alpha value is -2.49. The van der Waals surface area contributed by atoms with Gasteiger partial charge in [-0.1, -0.05) is 65.6 Å². The number of hydrogen-bond acceptors (Lipinski definition) is 7. The number of nitrogens with zero attached hydrogens (tertiary/aromatic N) is 3. The Morgan fingerprint density at radius 2 is 1.77 bits per heavy atom. The van der Waals surface area contributed by atoms with Crippen LogP contribution in [-0.4, -0.2) is 52.0 Å². The molecule has 2 aromatic carbocycles. The predicted octanol–water partition coefficient (Wildman–Crippen LogP) is 3.44. The molecule has 30 heavy (non-hydrogen) atoms. The number of hydrogen-bond donors (Lipinski definition) is 1. The van der Waals surface area contributed by atoms with Gasteiger partial charge >= 0.3 is 0 Å². The molecule has 0 atom stereocenters. The summed E-state index contributed by atoms with van der Waals surface area (Å²) in [7, 11) is 0. The van der Waals surface area contributed by atoms with Crippen LogP contribution < -0.4 is 15.8 Å². The Morgan fingerprint density at radius 1 is 1.07 bits per heavy atom. The van der Waals surface area contributed by atoms with Crippen LogP contribution in [0, 0.1) is 0 Å². The lowest BCUT2D eigenvalue weighted by Gasteiger charge is -2.37. The molecule has 0 aliphatic carbocycles. The molecule has 1 aliphatic rings. The molecule has 0 radical (unpaired) electrons. The second kappa shape index (κ2) is 9.55. The van der Waals surface area contributed by atoms with Crippen LogP contribution in [0.5, 0.6) is 0 Å². The van der Waals surface area contributed by atoms with Crippen molar-refractivity contribution in [2.45, 2.75) is 0 Å². The lowest BCUT2D eigenvalue weighted by molar-refractivity contribution is -0.113. The first kappa shape index (κ1) is 20.8. The minimum absolute atomic E-state index is 0.188. The van der Waals surface area contributed by atoms with E-state index in [1.54, 1.807) is 12.1 Å². The van der Waals surface area contributed by atoms with Gasteiger partial charge in [-0.15, -0.1) is 0 Å². The van der Waals surface area contributed by atoms with Crippen LogP contribution in [0.1, 0.15) is 0 Å². The fourth-order valence-electron chi connectivity index (χ4n) is 3.23. The lowest BCUT2D eigenvalue weighted by Crippen LogP contribution is -2.47. The molecule has 9 heteroatoms. The number of fused-ring (bicyclic) bond motifs is 1. The average Bonchev–Trinajstić information content (AvgIpc) is 2.78. The predicted molar refractivity (Wildman–Crippen MR) is 130 cm³/mol. The van der Waals surface area contributed by atoms with Gasteiger partial charge in [0.1, 0.15) is 4.32 Å². The monoisotopic (exact) mass is 456 g/mol. The highest BCUT2D eigenvalue weighted by molar-refractivity contribution is 8.23. The summed E-state index contributed by atoms with van der Waals surface area (Å²) in [6.07, 6.45) is 0. The molecular formula is C21H20N4O2S3. The number of rotatable bonds is 4. The molecule has 0 bridgehead atoms. The minimum atomic E-state index is -0.334. The standard InChI is InChI=1S/C21H20N4O2S3/c26-18(22-20-23-19(27)16-8-4-5-9-17(16)30-20)14-29-21(28)25-12-10-24(11-13-25)15-6-2-1-3-7-15/h1-9H,10-14H2,(H,22,23,26,27). The number of thioether (sulfide) groups is 1. The van der Waals surface area contributed by atoms with Crippen LogP contribution in [0.25, 0.3) is 10.1 Å². The average molecular weight is 457 g/mol. The van der Waals surface area contributed by atoms with Crippen LogP contribution >= 0.6 is 35.3 Å². The Labute approximate surface area is 187 Å². The maximum Gasteiger partial charge on any atom is 0.281 e. The van der Waals surface area contributed by atoms with Gasteiger partial charge < -0.3 is 15.1 Å². The van der Waals surface area contributed by atoms with Gasteiger partial charge in [-0.05, 0) is 24.3 Å². The van der Waals surface area contributed by atoms with Crippen molar-refractivity contribution >= 4 is 66.4 Å². The summed E-state index contributed by atoms with van der Waals surface area (Å²) in [5.41, 5.74) is 0.885. The highest BCUT2D eigenvalue weighted by Gasteiger charge is 2.20. The third-order valence-electron chi connectivity index (χ3n) is 4.76. The molecule has 6 nitrogen and oxygen atoms in total. The first-order chi connectivity index (χ1) is 14.6.